The number of hydrogen-bond donors (Lipinski definition) is 2. The molecule has 1 aliphatic rings. The maximum Gasteiger partial charge on any atom is 0.217 e. The lowest BCUT2D eigenvalue weighted by molar-refractivity contribution is 0.297. The number of aliphatic hydroxyl groups is 1. The first-order chi connectivity index (χ1) is 6.24. The monoisotopic (exact) mass is 201 g/mol. The van der Waals surface area contributed by atoms with E-state index in [0.717, 1.165) is 5.70 Å². The summed E-state index contributed by atoms with van der Waals surface area (Å²) in [6.45, 7) is 0.543. The third-order valence-corrected chi connectivity index (χ3v) is 2.36. The van der Waals surface area contributed by atoms with Crippen LogP contribution in [0.2, 0.25) is 0 Å². The van der Waals surface area contributed by atoms with E-state index in [1.807, 2.05) is 0 Å². The molecular weight excluding hydrogens is 190 g/mol. The maximum absolute atomic E-state index is 10.5. The van der Waals surface area contributed by atoms with E-state index in [4.69, 9.17) is 5.11 Å². The van der Waals surface area contributed by atoms with Crippen LogP contribution in [0.25, 0.3) is 0 Å². The highest BCUT2D eigenvalue weighted by Gasteiger charge is 2.02. The molecule has 72 valence electrons. The van der Waals surface area contributed by atoms with E-state index in [-0.39, 0.29) is 6.61 Å². The van der Waals surface area contributed by atoms with Gasteiger partial charge in [-0.05, 0) is 12.2 Å². The van der Waals surface area contributed by atoms with E-state index in [1.54, 1.807) is 18.2 Å². The summed E-state index contributed by atoms with van der Waals surface area (Å²) in [6.07, 6.45) is 5.44. The standard InChI is InChI=1S/C8H11NO3S/c10-6-5-9-7-1-3-8(4-2-7)13(11)12/h1-3,9-10H,4-6H2. The van der Waals surface area contributed by atoms with E-state index in [1.165, 1.54) is 0 Å². The normalized spacial score (nSPS) is 15.5. The molecule has 1 aliphatic carbocycles. The molecule has 0 aromatic heterocycles. The number of nitrogens with one attached hydrogen (secondary N) is 1. The molecule has 0 amide bonds. The zero-order valence-corrected chi connectivity index (χ0v) is 7.84. The summed E-state index contributed by atoms with van der Waals surface area (Å²) in [4.78, 5) is 0.384. The van der Waals surface area contributed by atoms with Crippen LogP contribution in [-0.2, 0) is 10.3 Å². The molecule has 5 heteroatoms. The summed E-state index contributed by atoms with van der Waals surface area (Å²) >= 11 is 0. The van der Waals surface area contributed by atoms with Gasteiger partial charge in [-0.3, -0.25) is 0 Å². The molecule has 0 unspecified atom stereocenters. The molecule has 4 nitrogen and oxygen atoms in total. The van der Waals surface area contributed by atoms with Crippen molar-refractivity contribution in [1.29, 1.82) is 0 Å². The Morgan fingerprint density at radius 2 is 2.23 bits per heavy atom. The highest BCUT2D eigenvalue weighted by atomic mass is 32.2. The van der Waals surface area contributed by atoms with Gasteiger partial charge in [0.2, 0.25) is 10.3 Å². The Labute approximate surface area is 78.1 Å². The quantitative estimate of drug-likeness (QED) is 0.602. The average molecular weight is 201 g/mol. The van der Waals surface area contributed by atoms with Crippen molar-refractivity contribution in [3.05, 3.63) is 23.9 Å². The average Bonchev–Trinajstić information content (AvgIpc) is 2.15. The summed E-state index contributed by atoms with van der Waals surface area (Å²) in [5.74, 6) is 0. The van der Waals surface area contributed by atoms with E-state index >= 15 is 0 Å². The molecule has 0 heterocycles. The molecule has 0 saturated carbocycles. The van der Waals surface area contributed by atoms with Gasteiger partial charge in [-0.2, -0.15) is 8.42 Å². The highest BCUT2D eigenvalue weighted by Crippen LogP contribution is 2.04. The SMILES string of the molecule is O=S(=O)=C1C=CC(NCCO)=CC1. The first-order valence-electron chi connectivity index (χ1n) is 3.92. The van der Waals surface area contributed by atoms with Crippen LogP contribution < -0.4 is 5.32 Å². The topological polar surface area (TPSA) is 66.4 Å². The van der Waals surface area contributed by atoms with Gasteiger partial charge in [0.25, 0.3) is 0 Å². The van der Waals surface area contributed by atoms with Crippen LogP contribution in [0.3, 0.4) is 0 Å². The predicted molar refractivity (Wildman–Crippen MR) is 50.9 cm³/mol. The fourth-order valence-corrected chi connectivity index (χ4v) is 1.38. The molecule has 0 aromatic carbocycles. The number of allylic oxidation sites excluding steroid dienone is 3. The van der Waals surface area contributed by atoms with Gasteiger partial charge in [-0.15, -0.1) is 0 Å². The number of hydrogen-bond acceptors (Lipinski definition) is 4. The second-order valence-corrected chi connectivity index (χ2v) is 3.54. The molecule has 0 aromatic rings. The Morgan fingerprint density at radius 1 is 1.46 bits per heavy atom. The maximum atomic E-state index is 10.5. The molecule has 0 radical (unpaired) electrons. The van der Waals surface area contributed by atoms with Gasteiger partial charge in [0, 0.05) is 18.7 Å². The second kappa shape index (κ2) is 4.84. The lowest BCUT2D eigenvalue weighted by Crippen LogP contribution is -2.18. The van der Waals surface area contributed by atoms with Crippen molar-refractivity contribution in [2.75, 3.05) is 13.2 Å². The molecule has 0 bridgehead atoms. The van der Waals surface area contributed by atoms with E-state index < -0.39 is 10.3 Å². The fraction of sp³-hybridized carbons (Fsp3) is 0.375. The predicted octanol–water partition coefficient (Wildman–Crippen LogP) is -0.536. The van der Waals surface area contributed by atoms with E-state index in [9.17, 15) is 8.42 Å². The van der Waals surface area contributed by atoms with Crippen LogP contribution in [0.4, 0.5) is 0 Å². The van der Waals surface area contributed by atoms with E-state index in [2.05, 4.69) is 5.32 Å². The van der Waals surface area contributed by atoms with Gasteiger partial charge in [-0.1, -0.05) is 6.08 Å². The first-order valence-corrected chi connectivity index (χ1v) is 4.99. The third kappa shape index (κ3) is 3.04. The zero-order valence-electron chi connectivity index (χ0n) is 7.03. The van der Waals surface area contributed by atoms with Gasteiger partial charge in [-0.25, -0.2) is 0 Å². The second-order valence-electron chi connectivity index (χ2n) is 2.55. The van der Waals surface area contributed by atoms with Gasteiger partial charge >= 0.3 is 0 Å². The van der Waals surface area contributed by atoms with Gasteiger partial charge in [0.1, 0.15) is 0 Å². The van der Waals surface area contributed by atoms with Crippen molar-refractivity contribution in [1.82, 2.24) is 5.32 Å². The van der Waals surface area contributed by atoms with Crippen LogP contribution in [0.5, 0.6) is 0 Å². The first kappa shape index (κ1) is 10.0. The molecule has 0 saturated heterocycles. The summed E-state index contributed by atoms with van der Waals surface area (Å²) in [6, 6.07) is 0. The molecule has 2 N–H and O–H groups in total. The minimum Gasteiger partial charge on any atom is -0.395 e. The molecule has 1 rings (SSSR count). The Morgan fingerprint density at radius 3 is 2.69 bits per heavy atom. The smallest absolute Gasteiger partial charge is 0.217 e. The Kier molecular flexibility index (Phi) is 3.72. The lowest BCUT2D eigenvalue weighted by atomic mass is 10.1. The van der Waals surface area contributed by atoms with Gasteiger partial charge in [0.15, 0.2) is 0 Å². The summed E-state index contributed by atoms with van der Waals surface area (Å²) in [5.41, 5.74) is 0.850. The molecule has 0 fully saturated rings. The Bertz CT molecular complexity index is 357. The van der Waals surface area contributed by atoms with Crippen molar-refractivity contribution in [3.63, 3.8) is 0 Å². The molecule has 0 spiro atoms. The largest absolute Gasteiger partial charge is 0.395 e. The van der Waals surface area contributed by atoms with Crippen molar-refractivity contribution >= 4 is 15.2 Å². The summed E-state index contributed by atoms with van der Waals surface area (Å²) < 4.78 is 21.0. The minimum atomic E-state index is -2.11. The van der Waals surface area contributed by atoms with Crippen molar-refractivity contribution in [3.8, 4) is 0 Å². The Balaban J connectivity index is 2.60. The highest BCUT2D eigenvalue weighted by molar-refractivity contribution is 7.73. The van der Waals surface area contributed by atoms with Crippen LogP contribution in [0.1, 0.15) is 6.42 Å². The van der Waals surface area contributed by atoms with Crippen molar-refractivity contribution in [2.45, 2.75) is 6.42 Å². The van der Waals surface area contributed by atoms with Gasteiger partial charge < -0.3 is 10.4 Å². The number of rotatable bonds is 3. The van der Waals surface area contributed by atoms with Crippen molar-refractivity contribution < 1.29 is 13.5 Å². The third-order valence-electron chi connectivity index (χ3n) is 1.63. The van der Waals surface area contributed by atoms with Crippen molar-refractivity contribution in [2.24, 2.45) is 0 Å². The summed E-state index contributed by atoms with van der Waals surface area (Å²) in [7, 11) is -2.11. The zero-order chi connectivity index (χ0) is 9.68. The van der Waals surface area contributed by atoms with Crippen LogP contribution >= 0.6 is 0 Å². The number of aliphatic hydroxyl groups excluding tert-OH is 1. The minimum absolute atomic E-state index is 0.0647. The van der Waals surface area contributed by atoms with Crippen LogP contribution in [-0.4, -0.2) is 31.5 Å². The molecule has 0 aliphatic heterocycles. The van der Waals surface area contributed by atoms with Crippen LogP contribution in [0, 0.1) is 0 Å². The molecule has 13 heavy (non-hydrogen) atoms. The summed E-state index contributed by atoms with van der Waals surface area (Å²) in [5, 5.41) is 11.5. The fourth-order valence-electron chi connectivity index (χ4n) is 0.984. The van der Waals surface area contributed by atoms with E-state index in [0.29, 0.717) is 17.8 Å². The Hall–Kier alpha value is -1.07. The lowest BCUT2D eigenvalue weighted by Gasteiger charge is -2.08. The van der Waals surface area contributed by atoms with Gasteiger partial charge in [0.05, 0.1) is 11.5 Å². The molecular formula is C8H11NO3S. The van der Waals surface area contributed by atoms with Crippen LogP contribution in [0.15, 0.2) is 23.9 Å². The molecule has 0 atom stereocenters.